The van der Waals surface area contributed by atoms with Gasteiger partial charge in [-0.2, -0.15) is 0 Å². The lowest BCUT2D eigenvalue weighted by molar-refractivity contribution is -0.118. The minimum absolute atomic E-state index is 0.0402. The van der Waals surface area contributed by atoms with Crippen LogP contribution in [-0.2, 0) is 4.79 Å². The molecule has 1 atom stereocenters. The summed E-state index contributed by atoms with van der Waals surface area (Å²) in [5.41, 5.74) is 6.32. The van der Waals surface area contributed by atoms with E-state index in [-0.39, 0.29) is 17.9 Å². The Morgan fingerprint density at radius 3 is 2.58 bits per heavy atom. The van der Waals surface area contributed by atoms with Gasteiger partial charge in [0.05, 0.1) is 11.4 Å². The molecule has 3 heterocycles. The molecule has 2 saturated heterocycles. The number of fused-ring (bicyclic) bond motifs is 3. The van der Waals surface area contributed by atoms with Crippen LogP contribution in [0.4, 0.5) is 17.1 Å². The molecule has 1 unspecified atom stereocenters. The number of nitrogens with zero attached hydrogens (tertiary/aromatic N) is 3. The summed E-state index contributed by atoms with van der Waals surface area (Å²) < 4.78 is 0. The molecule has 0 aromatic heterocycles. The summed E-state index contributed by atoms with van der Waals surface area (Å²) in [5, 5.41) is 3.04. The van der Waals surface area contributed by atoms with Crippen molar-refractivity contribution in [2.24, 2.45) is 0 Å². The van der Waals surface area contributed by atoms with Gasteiger partial charge in [0.2, 0.25) is 5.91 Å². The van der Waals surface area contributed by atoms with Gasteiger partial charge in [0.15, 0.2) is 0 Å². The van der Waals surface area contributed by atoms with E-state index in [1.54, 1.807) is 0 Å². The summed E-state index contributed by atoms with van der Waals surface area (Å²) in [6.07, 6.45) is 3.10. The van der Waals surface area contributed by atoms with Gasteiger partial charge in [0.25, 0.3) is 5.91 Å². The Bertz CT molecular complexity index is 1030. The molecular formula is C25H30N4O2. The number of carbonyl (C=O) groups is 2. The SMILES string of the molecule is Cc1cccc(N2CCN(C(=O)c3ccc4c(c3)NC(=O)C3CCCCN43)CC2)c1C. The van der Waals surface area contributed by atoms with Gasteiger partial charge in [0, 0.05) is 44.0 Å². The molecule has 2 aromatic rings. The van der Waals surface area contributed by atoms with Crippen molar-refractivity contribution < 1.29 is 9.59 Å². The van der Waals surface area contributed by atoms with E-state index >= 15 is 0 Å². The fourth-order valence-electron chi connectivity index (χ4n) is 5.14. The summed E-state index contributed by atoms with van der Waals surface area (Å²) >= 11 is 0. The number of benzene rings is 2. The molecule has 1 N–H and O–H groups in total. The Morgan fingerprint density at radius 2 is 1.77 bits per heavy atom. The van der Waals surface area contributed by atoms with Crippen molar-refractivity contribution in [3.63, 3.8) is 0 Å². The molecule has 3 aliphatic heterocycles. The third kappa shape index (κ3) is 3.54. The Balaban J connectivity index is 1.30. The summed E-state index contributed by atoms with van der Waals surface area (Å²) in [6.45, 7) is 8.25. The molecule has 6 heteroatoms. The lowest BCUT2D eigenvalue weighted by Crippen LogP contribution is -2.51. The topological polar surface area (TPSA) is 55.9 Å². The number of amides is 2. The maximum absolute atomic E-state index is 13.2. The largest absolute Gasteiger partial charge is 0.368 e. The third-order valence-corrected chi connectivity index (χ3v) is 7.10. The smallest absolute Gasteiger partial charge is 0.254 e. The number of hydrogen-bond acceptors (Lipinski definition) is 4. The summed E-state index contributed by atoms with van der Waals surface area (Å²) in [6, 6.07) is 12.1. The average Bonchev–Trinajstić information content (AvgIpc) is 2.80. The summed E-state index contributed by atoms with van der Waals surface area (Å²) in [5.74, 6) is 0.0948. The van der Waals surface area contributed by atoms with Crippen molar-refractivity contribution in [1.29, 1.82) is 0 Å². The molecule has 0 aliphatic carbocycles. The molecule has 6 nitrogen and oxygen atoms in total. The van der Waals surface area contributed by atoms with Gasteiger partial charge in [-0.15, -0.1) is 0 Å². The monoisotopic (exact) mass is 418 g/mol. The van der Waals surface area contributed by atoms with E-state index in [1.807, 2.05) is 23.1 Å². The number of carbonyl (C=O) groups excluding carboxylic acids is 2. The minimum Gasteiger partial charge on any atom is -0.368 e. The number of rotatable bonds is 2. The van der Waals surface area contributed by atoms with Gasteiger partial charge in [-0.1, -0.05) is 12.1 Å². The van der Waals surface area contributed by atoms with Crippen molar-refractivity contribution in [3.8, 4) is 0 Å². The van der Waals surface area contributed by atoms with Gasteiger partial charge in [0.1, 0.15) is 6.04 Å². The Labute approximate surface area is 183 Å². The van der Waals surface area contributed by atoms with Crippen molar-refractivity contribution >= 4 is 28.9 Å². The highest BCUT2D eigenvalue weighted by molar-refractivity contribution is 6.06. The predicted molar refractivity (Wildman–Crippen MR) is 124 cm³/mol. The molecule has 0 saturated carbocycles. The van der Waals surface area contributed by atoms with E-state index in [1.165, 1.54) is 16.8 Å². The van der Waals surface area contributed by atoms with Gasteiger partial charge >= 0.3 is 0 Å². The lowest BCUT2D eigenvalue weighted by Gasteiger charge is -2.41. The van der Waals surface area contributed by atoms with Crippen LogP contribution >= 0.6 is 0 Å². The van der Waals surface area contributed by atoms with Crippen LogP contribution in [0.2, 0.25) is 0 Å². The molecule has 0 spiro atoms. The zero-order chi connectivity index (χ0) is 21.5. The standard InChI is InChI=1S/C25H30N4O2/c1-17-6-5-8-21(18(17)2)27-12-14-28(15-13-27)25(31)19-9-10-22-20(16-19)26-24(30)23-7-3-4-11-29(22)23/h5-6,8-10,16,23H,3-4,7,11-15H2,1-2H3,(H,26,30). The van der Waals surface area contributed by atoms with Crippen LogP contribution in [0, 0.1) is 13.8 Å². The van der Waals surface area contributed by atoms with Gasteiger partial charge < -0.3 is 20.0 Å². The first-order valence-electron chi connectivity index (χ1n) is 11.3. The third-order valence-electron chi connectivity index (χ3n) is 7.10. The fraction of sp³-hybridized carbons (Fsp3) is 0.440. The van der Waals surface area contributed by atoms with Crippen LogP contribution in [0.25, 0.3) is 0 Å². The molecule has 5 rings (SSSR count). The highest BCUT2D eigenvalue weighted by Gasteiger charge is 2.35. The predicted octanol–water partition coefficient (Wildman–Crippen LogP) is 3.58. The highest BCUT2D eigenvalue weighted by atomic mass is 16.2. The van der Waals surface area contributed by atoms with E-state index in [0.29, 0.717) is 18.7 Å². The van der Waals surface area contributed by atoms with Crippen LogP contribution in [0.3, 0.4) is 0 Å². The van der Waals surface area contributed by atoms with E-state index in [2.05, 4.69) is 47.2 Å². The van der Waals surface area contributed by atoms with Crippen LogP contribution in [0.1, 0.15) is 40.7 Å². The molecule has 3 aliphatic rings. The Kier molecular flexibility index (Phi) is 5.08. The number of aryl methyl sites for hydroxylation is 1. The van der Waals surface area contributed by atoms with Crippen LogP contribution in [0.5, 0.6) is 0 Å². The number of hydrogen-bond donors (Lipinski definition) is 1. The van der Waals surface area contributed by atoms with Gasteiger partial charge in [-0.05, 0) is 68.5 Å². The minimum atomic E-state index is -0.0686. The summed E-state index contributed by atoms with van der Waals surface area (Å²) in [7, 11) is 0. The fourth-order valence-corrected chi connectivity index (χ4v) is 5.14. The first-order valence-corrected chi connectivity index (χ1v) is 11.3. The molecule has 162 valence electrons. The molecule has 2 aromatic carbocycles. The average molecular weight is 419 g/mol. The molecule has 31 heavy (non-hydrogen) atoms. The normalized spacial score (nSPS) is 20.8. The maximum atomic E-state index is 13.2. The van der Waals surface area contributed by atoms with Gasteiger partial charge in [-0.3, -0.25) is 9.59 Å². The van der Waals surface area contributed by atoms with E-state index in [4.69, 9.17) is 0 Å². The molecule has 0 bridgehead atoms. The quantitative estimate of drug-likeness (QED) is 0.810. The van der Waals surface area contributed by atoms with Crippen molar-refractivity contribution in [3.05, 3.63) is 53.1 Å². The molecule has 2 fully saturated rings. The second-order valence-electron chi connectivity index (χ2n) is 8.92. The van der Waals surface area contributed by atoms with Crippen LogP contribution in [0.15, 0.2) is 36.4 Å². The second kappa shape index (κ2) is 7.91. The van der Waals surface area contributed by atoms with Crippen molar-refractivity contribution in [2.75, 3.05) is 47.8 Å². The Hall–Kier alpha value is -3.02. The number of piperazine rings is 1. The van der Waals surface area contributed by atoms with E-state index in [0.717, 1.165) is 50.3 Å². The Morgan fingerprint density at radius 1 is 0.968 bits per heavy atom. The first-order chi connectivity index (χ1) is 15.0. The van der Waals surface area contributed by atoms with Crippen molar-refractivity contribution in [2.45, 2.75) is 39.2 Å². The summed E-state index contributed by atoms with van der Waals surface area (Å²) in [4.78, 5) is 32.2. The van der Waals surface area contributed by atoms with Gasteiger partial charge in [-0.25, -0.2) is 0 Å². The molecule has 0 radical (unpaired) electrons. The van der Waals surface area contributed by atoms with Crippen LogP contribution in [-0.4, -0.2) is 55.5 Å². The first kappa shape index (κ1) is 19.9. The van der Waals surface area contributed by atoms with E-state index in [9.17, 15) is 9.59 Å². The zero-order valence-electron chi connectivity index (χ0n) is 18.4. The number of nitrogens with one attached hydrogen (secondary N) is 1. The molecule has 2 amide bonds. The number of piperidine rings is 1. The van der Waals surface area contributed by atoms with Crippen LogP contribution < -0.4 is 15.1 Å². The zero-order valence-corrected chi connectivity index (χ0v) is 18.4. The number of anilines is 3. The van der Waals surface area contributed by atoms with Crippen molar-refractivity contribution in [1.82, 2.24) is 4.90 Å². The molecular weight excluding hydrogens is 388 g/mol. The van der Waals surface area contributed by atoms with E-state index < -0.39 is 0 Å². The lowest BCUT2D eigenvalue weighted by atomic mass is 9.96. The second-order valence-corrected chi connectivity index (χ2v) is 8.92. The highest BCUT2D eigenvalue weighted by Crippen LogP contribution is 2.36. The maximum Gasteiger partial charge on any atom is 0.254 e.